The van der Waals surface area contributed by atoms with Crippen LogP contribution in [0.5, 0.6) is 5.75 Å². The van der Waals surface area contributed by atoms with Crippen molar-refractivity contribution in [3.63, 3.8) is 0 Å². The highest BCUT2D eigenvalue weighted by atomic mass is 19.3. The van der Waals surface area contributed by atoms with Crippen molar-refractivity contribution < 1.29 is 18.3 Å². The fourth-order valence-corrected chi connectivity index (χ4v) is 1.98. The Morgan fingerprint density at radius 2 is 1.95 bits per heavy atom. The first-order valence-corrected chi connectivity index (χ1v) is 6.99. The minimum atomic E-state index is -2.81. The summed E-state index contributed by atoms with van der Waals surface area (Å²) in [5, 5.41) is 3.31. The molecule has 1 atom stereocenters. The van der Waals surface area contributed by atoms with Crippen molar-refractivity contribution >= 4 is 0 Å². The lowest BCUT2D eigenvalue weighted by molar-refractivity contribution is -0.0506. The van der Waals surface area contributed by atoms with E-state index in [1.807, 2.05) is 20.0 Å². The zero-order valence-electron chi connectivity index (χ0n) is 12.8. The summed E-state index contributed by atoms with van der Waals surface area (Å²) in [7, 11) is 3.69. The molecule has 21 heavy (non-hydrogen) atoms. The smallest absolute Gasteiger partial charge is 0.387 e. The molecule has 0 aliphatic carbocycles. The van der Waals surface area contributed by atoms with Gasteiger partial charge in [0.05, 0.1) is 6.61 Å². The van der Waals surface area contributed by atoms with Gasteiger partial charge in [-0.3, -0.25) is 0 Å². The average molecular weight is 302 g/mol. The molecule has 0 spiro atoms. The Hall–Kier alpha value is -1.24. The second-order valence-electron chi connectivity index (χ2n) is 4.89. The summed E-state index contributed by atoms with van der Waals surface area (Å²) in [6.07, 6.45) is 0. The maximum absolute atomic E-state index is 12.4. The van der Waals surface area contributed by atoms with E-state index in [9.17, 15) is 8.78 Å². The van der Waals surface area contributed by atoms with E-state index in [1.165, 1.54) is 0 Å². The molecule has 0 fully saturated rings. The fraction of sp³-hybridized carbons (Fsp3) is 0.600. The molecule has 0 saturated carbocycles. The number of halogens is 2. The third kappa shape index (κ3) is 6.84. The summed E-state index contributed by atoms with van der Waals surface area (Å²) >= 11 is 0. The molecule has 120 valence electrons. The van der Waals surface area contributed by atoms with E-state index in [-0.39, 0.29) is 11.8 Å². The number of para-hydroxylation sites is 1. The maximum Gasteiger partial charge on any atom is 0.387 e. The summed E-state index contributed by atoms with van der Waals surface area (Å²) in [4.78, 5) is 2.14. The molecule has 0 heterocycles. The van der Waals surface area contributed by atoms with Crippen LogP contribution in [0.15, 0.2) is 24.3 Å². The minimum Gasteiger partial charge on any atom is -0.434 e. The highest BCUT2D eigenvalue weighted by Crippen LogP contribution is 2.26. The van der Waals surface area contributed by atoms with E-state index in [0.29, 0.717) is 6.61 Å². The highest BCUT2D eigenvalue weighted by Gasteiger charge is 2.14. The molecular formula is C15H24F2N2O2. The number of hydrogen-bond donors (Lipinski definition) is 1. The van der Waals surface area contributed by atoms with Crippen LogP contribution >= 0.6 is 0 Å². The summed E-state index contributed by atoms with van der Waals surface area (Å²) in [6, 6.07) is 6.80. The number of ether oxygens (including phenoxy) is 2. The Balaban J connectivity index is 2.46. The van der Waals surface area contributed by atoms with E-state index < -0.39 is 6.61 Å². The van der Waals surface area contributed by atoms with Crippen molar-refractivity contribution in [2.75, 3.05) is 40.4 Å². The van der Waals surface area contributed by atoms with Gasteiger partial charge in [-0.05, 0) is 20.0 Å². The van der Waals surface area contributed by atoms with Gasteiger partial charge in [0.25, 0.3) is 0 Å². The largest absolute Gasteiger partial charge is 0.434 e. The van der Waals surface area contributed by atoms with E-state index in [1.54, 1.807) is 25.3 Å². The first-order chi connectivity index (χ1) is 10.0. The number of likely N-dealkylation sites (N-methyl/N-ethyl adjacent to an activating group) is 1. The van der Waals surface area contributed by atoms with Gasteiger partial charge in [0, 0.05) is 38.3 Å². The Morgan fingerprint density at radius 1 is 1.24 bits per heavy atom. The van der Waals surface area contributed by atoms with E-state index in [0.717, 1.165) is 25.2 Å². The predicted octanol–water partition coefficient (Wildman–Crippen LogP) is 2.52. The second-order valence-corrected chi connectivity index (χ2v) is 4.89. The first kappa shape index (κ1) is 17.8. The van der Waals surface area contributed by atoms with Crippen molar-refractivity contribution in [2.24, 2.45) is 0 Å². The molecule has 0 aromatic heterocycles. The number of alkyl halides is 2. The van der Waals surface area contributed by atoms with Crippen LogP contribution in [0.1, 0.15) is 18.5 Å². The summed E-state index contributed by atoms with van der Waals surface area (Å²) in [5.74, 6) is 0.222. The SMILES string of the molecule is COCCN(C)CCNC(C)c1ccccc1OC(F)F. The zero-order valence-corrected chi connectivity index (χ0v) is 12.8. The van der Waals surface area contributed by atoms with Crippen LogP contribution in [0.2, 0.25) is 0 Å². The Kier molecular flexibility index (Phi) is 8.19. The molecule has 0 aliphatic heterocycles. The van der Waals surface area contributed by atoms with Crippen molar-refractivity contribution in [1.82, 2.24) is 10.2 Å². The van der Waals surface area contributed by atoms with Gasteiger partial charge in [-0.2, -0.15) is 8.78 Å². The predicted molar refractivity (Wildman–Crippen MR) is 78.9 cm³/mol. The first-order valence-electron chi connectivity index (χ1n) is 6.99. The average Bonchev–Trinajstić information content (AvgIpc) is 2.45. The molecule has 6 heteroatoms. The van der Waals surface area contributed by atoms with Gasteiger partial charge in [0.1, 0.15) is 5.75 Å². The van der Waals surface area contributed by atoms with E-state index >= 15 is 0 Å². The van der Waals surface area contributed by atoms with Gasteiger partial charge < -0.3 is 19.7 Å². The van der Waals surface area contributed by atoms with Crippen LogP contribution < -0.4 is 10.1 Å². The van der Waals surface area contributed by atoms with Crippen LogP contribution in [0.25, 0.3) is 0 Å². The third-order valence-electron chi connectivity index (χ3n) is 3.22. The number of rotatable bonds is 10. The topological polar surface area (TPSA) is 33.7 Å². The highest BCUT2D eigenvalue weighted by molar-refractivity contribution is 5.35. The van der Waals surface area contributed by atoms with Gasteiger partial charge in [-0.1, -0.05) is 18.2 Å². The lowest BCUT2D eigenvalue weighted by Gasteiger charge is -2.20. The van der Waals surface area contributed by atoms with E-state index in [2.05, 4.69) is 15.0 Å². The van der Waals surface area contributed by atoms with Crippen LogP contribution in [0, 0.1) is 0 Å². The van der Waals surface area contributed by atoms with Crippen molar-refractivity contribution in [1.29, 1.82) is 0 Å². The van der Waals surface area contributed by atoms with Crippen LogP contribution in [-0.4, -0.2) is 51.9 Å². The maximum atomic E-state index is 12.4. The monoisotopic (exact) mass is 302 g/mol. The summed E-state index contributed by atoms with van der Waals surface area (Å²) in [6.45, 7) is 2.28. The van der Waals surface area contributed by atoms with Gasteiger partial charge in [-0.15, -0.1) is 0 Å². The van der Waals surface area contributed by atoms with E-state index in [4.69, 9.17) is 4.74 Å². The van der Waals surface area contributed by atoms with Gasteiger partial charge >= 0.3 is 6.61 Å². The summed E-state index contributed by atoms with van der Waals surface area (Å²) < 4.78 is 34.3. The quantitative estimate of drug-likeness (QED) is 0.720. The number of benzene rings is 1. The molecule has 4 nitrogen and oxygen atoms in total. The number of nitrogens with zero attached hydrogens (tertiary/aromatic N) is 1. The molecule has 0 radical (unpaired) electrons. The molecule has 1 rings (SSSR count). The van der Waals surface area contributed by atoms with Gasteiger partial charge in [-0.25, -0.2) is 0 Å². The zero-order chi connectivity index (χ0) is 15.7. The molecule has 1 aromatic rings. The molecular weight excluding hydrogens is 278 g/mol. The Morgan fingerprint density at radius 3 is 2.62 bits per heavy atom. The molecule has 1 aromatic carbocycles. The second kappa shape index (κ2) is 9.65. The standard InChI is InChI=1S/C15H24F2N2O2/c1-12(18-8-9-19(2)10-11-20-3)13-6-4-5-7-14(13)21-15(16)17/h4-7,12,15,18H,8-11H2,1-3H3. The molecule has 0 amide bonds. The number of hydrogen-bond acceptors (Lipinski definition) is 4. The normalized spacial score (nSPS) is 12.9. The molecule has 0 saturated heterocycles. The Labute approximate surface area is 125 Å². The number of methoxy groups -OCH3 is 1. The molecule has 1 unspecified atom stereocenters. The van der Waals surface area contributed by atoms with Crippen molar-refractivity contribution in [3.8, 4) is 5.75 Å². The van der Waals surface area contributed by atoms with Crippen molar-refractivity contribution in [3.05, 3.63) is 29.8 Å². The van der Waals surface area contributed by atoms with Gasteiger partial charge in [0.15, 0.2) is 0 Å². The lowest BCUT2D eigenvalue weighted by atomic mass is 10.1. The minimum absolute atomic E-state index is 0.0595. The fourth-order valence-electron chi connectivity index (χ4n) is 1.98. The van der Waals surface area contributed by atoms with Crippen LogP contribution in [0.3, 0.4) is 0 Å². The van der Waals surface area contributed by atoms with Gasteiger partial charge in [0.2, 0.25) is 0 Å². The molecule has 0 bridgehead atoms. The number of nitrogens with one attached hydrogen (secondary N) is 1. The molecule has 0 aliphatic rings. The Bertz CT molecular complexity index is 405. The summed E-state index contributed by atoms with van der Waals surface area (Å²) in [5.41, 5.74) is 0.734. The third-order valence-corrected chi connectivity index (χ3v) is 3.22. The van der Waals surface area contributed by atoms with Crippen LogP contribution in [-0.2, 0) is 4.74 Å². The molecule has 1 N–H and O–H groups in total. The van der Waals surface area contributed by atoms with Crippen molar-refractivity contribution in [2.45, 2.75) is 19.6 Å². The lowest BCUT2D eigenvalue weighted by Crippen LogP contribution is -2.32. The van der Waals surface area contributed by atoms with Crippen LogP contribution in [0.4, 0.5) is 8.78 Å².